The van der Waals surface area contributed by atoms with Crippen molar-refractivity contribution in [3.63, 3.8) is 0 Å². The van der Waals surface area contributed by atoms with E-state index in [0.29, 0.717) is 0 Å². The molecule has 0 fully saturated rings. The van der Waals surface area contributed by atoms with Crippen molar-refractivity contribution >= 4 is 21.9 Å². The second-order valence-electron chi connectivity index (χ2n) is 2.35. The van der Waals surface area contributed by atoms with E-state index in [4.69, 9.17) is 0 Å². The number of hydrogen-bond acceptors (Lipinski definition) is 2. The predicted octanol–water partition coefficient (Wildman–Crippen LogP) is 2.24. The zero-order chi connectivity index (χ0) is 8.20. The first-order valence-electron chi connectivity index (χ1n) is 2.99. The zero-order valence-electron chi connectivity index (χ0n) is 6.35. The fourth-order valence-corrected chi connectivity index (χ4v) is 0.363. The van der Waals surface area contributed by atoms with E-state index in [9.17, 15) is 4.79 Å². The number of carbonyl (C=O) groups is 1. The van der Waals surface area contributed by atoms with E-state index in [1.165, 1.54) is 6.26 Å². The van der Waals surface area contributed by atoms with Crippen LogP contribution in [0.1, 0.15) is 20.8 Å². The molecule has 0 aliphatic rings. The summed E-state index contributed by atoms with van der Waals surface area (Å²) in [7, 11) is 0. The van der Waals surface area contributed by atoms with Crippen LogP contribution in [0, 0.1) is 0 Å². The standard InChI is InChI=1S/C7H11BrO2/c1-4-5-10-6(9)7(2,3)8/h4-5H,1-3H3. The summed E-state index contributed by atoms with van der Waals surface area (Å²) in [6.07, 6.45) is 3.03. The molecule has 58 valence electrons. The van der Waals surface area contributed by atoms with Crippen molar-refractivity contribution in [2.45, 2.75) is 25.1 Å². The monoisotopic (exact) mass is 206 g/mol. The lowest BCUT2D eigenvalue weighted by Crippen LogP contribution is -2.24. The minimum atomic E-state index is -0.591. The molecule has 2 nitrogen and oxygen atoms in total. The van der Waals surface area contributed by atoms with E-state index in [1.54, 1.807) is 26.8 Å². The van der Waals surface area contributed by atoms with Crippen LogP contribution < -0.4 is 0 Å². The summed E-state index contributed by atoms with van der Waals surface area (Å²) in [5.41, 5.74) is 0. The van der Waals surface area contributed by atoms with Crippen LogP contribution in [0.2, 0.25) is 0 Å². The van der Waals surface area contributed by atoms with Crippen LogP contribution in [0.3, 0.4) is 0 Å². The van der Waals surface area contributed by atoms with Crippen molar-refractivity contribution in [1.82, 2.24) is 0 Å². The SMILES string of the molecule is CC=COC(=O)C(C)(C)Br. The number of ether oxygens (including phenoxy) is 1. The molecule has 0 saturated heterocycles. The third-order valence-corrected chi connectivity index (χ3v) is 1.12. The zero-order valence-corrected chi connectivity index (χ0v) is 7.94. The Hall–Kier alpha value is -0.310. The lowest BCUT2D eigenvalue weighted by atomic mass is 10.2. The highest BCUT2D eigenvalue weighted by Gasteiger charge is 2.24. The van der Waals surface area contributed by atoms with Gasteiger partial charge in [-0.2, -0.15) is 0 Å². The molecule has 0 aromatic rings. The lowest BCUT2D eigenvalue weighted by molar-refractivity contribution is -0.139. The van der Waals surface area contributed by atoms with Crippen LogP contribution in [0.5, 0.6) is 0 Å². The van der Waals surface area contributed by atoms with Gasteiger partial charge in [0.25, 0.3) is 0 Å². The number of carbonyl (C=O) groups excluding carboxylic acids is 1. The Labute approximate surface area is 69.4 Å². The molecule has 0 aliphatic heterocycles. The summed E-state index contributed by atoms with van der Waals surface area (Å²) >= 11 is 3.17. The van der Waals surface area contributed by atoms with Crippen LogP contribution >= 0.6 is 15.9 Å². The van der Waals surface area contributed by atoms with E-state index in [2.05, 4.69) is 20.7 Å². The van der Waals surface area contributed by atoms with E-state index in [-0.39, 0.29) is 5.97 Å². The molecule has 0 N–H and O–H groups in total. The second-order valence-corrected chi connectivity index (χ2v) is 4.33. The molecule has 0 spiro atoms. The Bertz CT molecular complexity index is 144. The number of halogens is 1. The van der Waals surface area contributed by atoms with Crippen molar-refractivity contribution < 1.29 is 9.53 Å². The van der Waals surface area contributed by atoms with Gasteiger partial charge in [-0.1, -0.05) is 22.0 Å². The third-order valence-electron chi connectivity index (χ3n) is 0.797. The molecule has 0 aromatic carbocycles. The van der Waals surface area contributed by atoms with Gasteiger partial charge in [-0.25, -0.2) is 0 Å². The Balaban J connectivity index is 3.86. The lowest BCUT2D eigenvalue weighted by Gasteiger charge is -2.11. The summed E-state index contributed by atoms with van der Waals surface area (Å²) in [6.45, 7) is 5.26. The summed E-state index contributed by atoms with van der Waals surface area (Å²) in [5.74, 6) is -0.286. The Morgan fingerprint density at radius 1 is 1.60 bits per heavy atom. The molecule has 10 heavy (non-hydrogen) atoms. The van der Waals surface area contributed by atoms with Gasteiger partial charge in [-0.05, 0) is 20.8 Å². The first kappa shape index (κ1) is 9.69. The van der Waals surface area contributed by atoms with Gasteiger partial charge in [0, 0.05) is 0 Å². The highest BCUT2D eigenvalue weighted by Crippen LogP contribution is 2.17. The van der Waals surface area contributed by atoms with Crippen LogP contribution in [0.4, 0.5) is 0 Å². The predicted molar refractivity (Wildman–Crippen MR) is 43.9 cm³/mol. The van der Waals surface area contributed by atoms with Crippen LogP contribution in [-0.4, -0.2) is 10.3 Å². The Morgan fingerprint density at radius 3 is 2.40 bits per heavy atom. The number of allylic oxidation sites excluding steroid dienone is 1. The molecule has 0 unspecified atom stereocenters. The molecule has 0 aliphatic carbocycles. The molecule has 0 atom stereocenters. The van der Waals surface area contributed by atoms with Crippen molar-refractivity contribution in [2.75, 3.05) is 0 Å². The summed E-state index contributed by atoms with van der Waals surface area (Å²) in [6, 6.07) is 0. The van der Waals surface area contributed by atoms with Gasteiger partial charge in [0.05, 0.1) is 6.26 Å². The van der Waals surface area contributed by atoms with E-state index in [0.717, 1.165) is 0 Å². The first-order valence-corrected chi connectivity index (χ1v) is 3.79. The molecule has 0 rings (SSSR count). The maximum atomic E-state index is 10.9. The molecule has 3 heteroatoms. The number of hydrogen-bond donors (Lipinski definition) is 0. The molecular formula is C7H11BrO2. The number of rotatable bonds is 2. The normalized spacial score (nSPS) is 12.0. The minimum absolute atomic E-state index is 0.286. The molecule has 0 heterocycles. The molecule has 0 amide bonds. The summed E-state index contributed by atoms with van der Waals surface area (Å²) in [5, 5.41) is 0. The molecule has 0 radical (unpaired) electrons. The smallest absolute Gasteiger partial charge is 0.327 e. The van der Waals surface area contributed by atoms with Gasteiger partial charge >= 0.3 is 5.97 Å². The molecule has 0 aromatic heterocycles. The van der Waals surface area contributed by atoms with E-state index < -0.39 is 4.32 Å². The van der Waals surface area contributed by atoms with Crippen LogP contribution in [-0.2, 0) is 9.53 Å². The quantitative estimate of drug-likeness (QED) is 0.394. The summed E-state index contributed by atoms with van der Waals surface area (Å²) < 4.78 is 4.10. The van der Waals surface area contributed by atoms with Gasteiger partial charge in [0.15, 0.2) is 0 Å². The van der Waals surface area contributed by atoms with Gasteiger partial charge in [-0.3, -0.25) is 4.79 Å². The van der Waals surface area contributed by atoms with Crippen molar-refractivity contribution in [2.24, 2.45) is 0 Å². The van der Waals surface area contributed by atoms with Gasteiger partial charge in [0.1, 0.15) is 4.32 Å². The number of alkyl halides is 1. The van der Waals surface area contributed by atoms with Gasteiger partial charge in [-0.15, -0.1) is 0 Å². The number of esters is 1. The molecular weight excluding hydrogens is 196 g/mol. The maximum absolute atomic E-state index is 10.9. The Morgan fingerprint density at radius 2 is 2.10 bits per heavy atom. The van der Waals surface area contributed by atoms with E-state index in [1.807, 2.05) is 0 Å². The maximum Gasteiger partial charge on any atom is 0.327 e. The average Bonchev–Trinajstić information content (AvgIpc) is 1.80. The fraction of sp³-hybridized carbons (Fsp3) is 0.571. The second kappa shape index (κ2) is 3.76. The largest absolute Gasteiger partial charge is 0.434 e. The highest BCUT2D eigenvalue weighted by molar-refractivity contribution is 9.10. The molecule has 0 bridgehead atoms. The average molecular weight is 207 g/mol. The Kier molecular flexibility index (Phi) is 3.64. The van der Waals surface area contributed by atoms with Crippen LogP contribution in [0.25, 0.3) is 0 Å². The third kappa shape index (κ3) is 3.67. The van der Waals surface area contributed by atoms with E-state index >= 15 is 0 Å². The van der Waals surface area contributed by atoms with Crippen LogP contribution in [0.15, 0.2) is 12.3 Å². The first-order chi connectivity index (χ1) is 4.48. The van der Waals surface area contributed by atoms with Crippen molar-refractivity contribution in [3.8, 4) is 0 Å². The van der Waals surface area contributed by atoms with Crippen molar-refractivity contribution in [1.29, 1.82) is 0 Å². The fourth-order valence-electron chi connectivity index (χ4n) is 0.270. The van der Waals surface area contributed by atoms with Gasteiger partial charge < -0.3 is 4.74 Å². The minimum Gasteiger partial charge on any atom is -0.434 e. The van der Waals surface area contributed by atoms with Crippen molar-refractivity contribution in [3.05, 3.63) is 12.3 Å². The summed E-state index contributed by atoms with van der Waals surface area (Å²) in [4.78, 5) is 10.9. The highest BCUT2D eigenvalue weighted by atomic mass is 79.9. The molecule has 0 saturated carbocycles. The topological polar surface area (TPSA) is 26.3 Å². The van der Waals surface area contributed by atoms with Gasteiger partial charge in [0.2, 0.25) is 0 Å².